The zero-order chi connectivity index (χ0) is 23.3. The molecule has 32 heavy (non-hydrogen) atoms. The van der Waals surface area contributed by atoms with E-state index >= 15 is 0 Å². The van der Waals surface area contributed by atoms with Crippen LogP contribution in [0, 0.1) is 38.9 Å². The van der Waals surface area contributed by atoms with Gasteiger partial charge in [-0.05, 0) is 96.3 Å². The van der Waals surface area contributed by atoms with Crippen LogP contribution >= 0.6 is 0 Å². The van der Waals surface area contributed by atoms with Crippen LogP contribution in [0.3, 0.4) is 0 Å². The molecule has 5 aliphatic carbocycles. The molecule has 7 atom stereocenters. The third-order valence-corrected chi connectivity index (χ3v) is 11.6. The highest BCUT2D eigenvalue weighted by atomic mass is 16.2. The van der Waals surface area contributed by atoms with Crippen LogP contribution in [-0.2, 0) is 9.59 Å². The van der Waals surface area contributed by atoms with E-state index in [9.17, 15) is 9.59 Å². The van der Waals surface area contributed by atoms with Crippen LogP contribution in [0.1, 0.15) is 86.5 Å². The molecule has 0 spiro atoms. The van der Waals surface area contributed by atoms with Crippen molar-refractivity contribution in [1.29, 1.82) is 0 Å². The van der Waals surface area contributed by atoms with E-state index in [2.05, 4.69) is 46.8 Å². The molecule has 0 bridgehead atoms. The van der Waals surface area contributed by atoms with Crippen molar-refractivity contribution in [2.45, 2.75) is 86.5 Å². The summed E-state index contributed by atoms with van der Waals surface area (Å²) in [6, 6.07) is 0. The zero-order valence-corrected chi connectivity index (χ0v) is 20.9. The maximum absolute atomic E-state index is 12.6. The van der Waals surface area contributed by atoms with Gasteiger partial charge in [-0.15, -0.1) is 0 Å². The Hall–Kier alpha value is -1.48. The highest BCUT2D eigenvalue weighted by molar-refractivity contribution is 6.44. The van der Waals surface area contributed by atoms with Gasteiger partial charge < -0.3 is 5.73 Å². The first-order valence-electron chi connectivity index (χ1n) is 12.8. The van der Waals surface area contributed by atoms with Crippen LogP contribution in [0.25, 0.3) is 0 Å². The molecule has 0 heterocycles. The average Bonchev–Trinajstić information content (AvgIpc) is 2.76. The van der Waals surface area contributed by atoms with Gasteiger partial charge in [-0.3, -0.25) is 9.59 Å². The largest absolute Gasteiger partial charge is 0.330 e. The van der Waals surface area contributed by atoms with Gasteiger partial charge in [0.15, 0.2) is 0 Å². The molecule has 0 radical (unpaired) electrons. The fourth-order valence-corrected chi connectivity index (χ4v) is 8.84. The third-order valence-electron chi connectivity index (χ3n) is 11.6. The lowest BCUT2D eigenvalue weighted by Crippen LogP contribution is -2.62. The summed E-state index contributed by atoms with van der Waals surface area (Å²) in [5.74, 6) is -0.234. The second kappa shape index (κ2) is 6.56. The third kappa shape index (κ3) is 2.58. The van der Waals surface area contributed by atoms with Crippen molar-refractivity contribution >= 4 is 11.6 Å². The first-order chi connectivity index (χ1) is 14.8. The van der Waals surface area contributed by atoms with Gasteiger partial charge in [0.25, 0.3) is 0 Å². The first-order valence-corrected chi connectivity index (χ1v) is 12.8. The number of Topliss-reactive ketones (excluding diaryl/α,β-unsaturated/α-hetero) is 1. The number of rotatable bonds is 1. The fourth-order valence-electron chi connectivity index (χ4n) is 8.84. The van der Waals surface area contributed by atoms with Gasteiger partial charge >= 0.3 is 0 Å². The topological polar surface area (TPSA) is 60.2 Å². The number of ketones is 2. The molecule has 3 saturated carbocycles. The second-order valence-corrected chi connectivity index (χ2v) is 13.2. The van der Waals surface area contributed by atoms with Crippen molar-refractivity contribution < 1.29 is 9.59 Å². The summed E-state index contributed by atoms with van der Waals surface area (Å²) >= 11 is 0. The monoisotopic (exact) mass is 435 g/mol. The van der Waals surface area contributed by atoms with Crippen molar-refractivity contribution in [2.24, 2.45) is 44.6 Å². The maximum atomic E-state index is 12.6. The summed E-state index contributed by atoms with van der Waals surface area (Å²) in [6.07, 6.45) is 14.7. The van der Waals surface area contributed by atoms with E-state index in [4.69, 9.17) is 5.73 Å². The standard InChI is InChI=1S/C29H41NO2/c1-18-19-7-8-22-27(4,20(19)15-21(31)24(18)32)12-14-29(6)23-16-25(2,17-30)9-10-26(23,3)11-13-28(22,29)5/h7-8,15,18,23H,9-14,16-17,30H2,1-6H3/t18?,23-,25-,26-,27+,28-,29+/m1/s1. The van der Waals surface area contributed by atoms with Crippen LogP contribution in [0.4, 0.5) is 0 Å². The van der Waals surface area contributed by atoms with Gasteiger partial charge in [0.2, 0.25) is 11.6 Å². The number of fused-ring (bicyclic) bond motifs is 7. The quantitative estimate of drug-likeness (QED) is 0.518. The Morgan fingerprint density at radius 1 is 0.938 bits per heavy atom. The van der Waals surface area contributed by atoms with Crippen LogP contribution in [0.5, 0.6) is 0 Å². The van der Waals surface area contributed by atoms with Crippen molar-refractivity contribution in [3.63, 3.8) is 0 Å². The summed E-state index contributed by atoms with van der Waals surface area (Å²) in [4.78, 5) is 25.0. The van der Waals surface area contributed by atoms with Crippen LogP contribution in [-0.4, -0.2) is 18.1 Å². The lowest BCUT2D eigenvalue weighted by Gasteiger charge is -2.70. The number of carbonyl (C=O) groups is 2. The Kier molecular flexibility index (Phi) is 4.57. The molecule has 174 valence electrons. The summed E-state index contributed by atoms with van der Waals surface area (Å²) in [7, 11) is 0. The Balaban J connectivity index is 1.64. The highest BCUT2D eigenvalue weighted by Crippen LogP contribution is 2.75. The van der Waals surface area contributed by atoms with Crippen molar-refractivity contribution in [2.75, 3.05) is 6.54 Å². The molecule has 0 aromatic rings. The SMILES string of the molecule is CC1C(=O)C(=O)C=C2C1=CC=C1[C@@]2(C)CC[C@@]2(C)[C@@H]3C[C@](C)(CN)CC[C@]3(C)CC[C@]12C. The lowest BCUT2D eigenvalue weighted by molar-refractivity contribution is -0.160. The van der Waals surface area contributed by atoms with Gasteiger partial charge in [-0.2, -0.15) is 0 Å². The van der Waals surface area contributed by atoms with Crippen molar-refractivity contribution in [3.05, 3.63) is 34.9 Å². The molecule has 5 rings (SSSR count). The molecule has 5 aliphatic rings. The molecule has 3 nitrogen and oxygen atoms in total. The van der Waals surface area contributed by atoms with Crippen LogP contribution in [0.2, 0.25) is 0 Å². The molecule has 0 saturated heterocycles. The Labute approximate surface area is 194 Å². The van der Waals surface area contributed by atoms with E-state index in [0.717, 1.165) is 24.1 Å². The molecule has 0 aromatic carbocycles. The molecular formula is C29H41NO2. The minimum atomic E-state index is -0.323. The Morgan fingerprint density at radius 2 is 1.62 bits per heavy atom. The Morgan fingerprint density at radius 3 is 2.31 bits per heavy atom. The van der Waals surface area contributed by atoms with E-state index < -0.39 is 0 Å². The van der Waals surface area contributed by atoms with E-state index in [-0.39, 0.29) is 39.1 Å². The van der Waals surface area contributed by atoms with Crippen LogP contribution in [0.15, 0.2) is 34.9 Å². The molecule has 0 aliphatic heterocycles. The van der Waals surface area contributed by atoms with Gasteiger partial charge in [-0.25, -0.2) is 0 Å². The number of hydrogen-bond acceptors (Lipinski definition) is 3. The number of hydrogen-bond donors (Lipinski definition) is 1. The van der Waals surface area contributed by atoms with Gasteiger partial charge in [0.05, 0.1) is 0 Å². The van der Waals surface area contributed by atoms with Crippen LogP contribution < -0.4 is 5.73 Å². The molecule has 0 amide bonds. The normalized spacial score (nSPS) is 50.3. The van der Waals surface area contributed by atoms with E-state index in [1.54, 1.807) is 6.08 Å². The first kappa shape index (κ1) is 22.3. The summed E-state index contributed by atoms with van der Waals surface area (Å²) in [5.41, 5.74) is 10.8. The van der Waals surface area contributed by atoms with E-state index in [1.807, 2.05) is 6.92 Å². The van der Waals surface area contributed by atoms with Crippen molar-refractivity contribution in [1.82, 2.24) is 0 Å². The smallest absolute Gasteiger partial charge is 0.222 e. The average molecular weight is 436 g/mol. The molecule has 0 aromatic heterocycles. The zero-order valence-electron chi connectivity index (χ0n) is 20.9. The molecular weight excluding hydrogens is 394 g/mol. The number of carbonyl (C=O) groups excluding carboxylic acids is 2. The fraction of sp³-hybridized carbons (Fsp3) is 0.724. The molecule has 1 unspecified atom stereocenters. The number of allylic oxidation sites excluding steroid dienone is 6. The number of nitrogens with two attached hydrogens (primary N) is 1. The molecule has 3 heteroatoms. The van der Waals surface area contributed by atoms with Gasteiger partial charge in [0.1, 0.15) is 0 Å². The Bertz CT molecular complexity index is 1000. The minimum Gasteiger partial charge on any atom is -0.330 e. The van der Waals surface area contributed by atoms with Gasteiger partial charge in [-0.1, -0.05) is 59.3 Å². The molecule has 2 N–H and O–H groups in total. The van der Waals surface area contributed by atoms with Gasteiger partial charge in [0, 0.05) is 11.3 Å². The lowest BCUT2D eigenvalue weighted by atomic mass is 9.34. The second-order valence-electron chi connectivity index (χ2n) is 13.2. The van der Waals surface area contributed by atoms with Crippen molar-refractivity contribution in [3.8, 4) is 0 Å². The summed E-state index contributed by atoms with van der Waals surface area (Å²) < 4.78 is 0. The van der Waals surface area contributed by atoms with E-state index in [1.165, 1.54) is 44.1 Å². The summed E-state index contributed by atoms with van der Waals surface area (Å²) in [5, 5.41) is 0. The predicted octanol–water partition coefficient (Wildman–Crippen LogP) is 5.95. The highest BCUT2D eigenvalue weighted by Gasteiger charge is 2.66. The maximum Gasteiger partial charge on any atom is 0.222 e. The summed E-state index contributed by atoms with van der Waals surface area (Å²) in [6.45, 7) is 15.1. The molecule has 3 fully saturated rings. The predicted molar refractivity (Wildman–Crippen MR) is 129 cm³/mol. The minimum absolute atomic E-state index is 0.0909. The van der Waals surface area contributed by atoms with E-state index in [0.29, 0.717) is 11.3 Å².